The normalized spacial score (nSPS) is 16.3. The highest BCUT2D eigenvalue weighted by molar-refractivity contribution is 6.30. The zero-order chi connectivity index (χ0) is 17.9. The summed E-state index contributed by atoms with van der Waals surface area (Å²) in [6.07, 6.45) is 0. The zero-order valence-corrected chi connectivity index (χ0v) is 14.8. The maximum Gasteiger partial charge on any atom is 0.246 e. The second-order valence-electron chi connectivity index (χ2n) is 6.21. The van der Waals surface area contributed by atoms with Crippen molar-refractivity contribution >= 4 is 35.0 Å². The summed E-state index contributed by atoms with van der Waals surface area (Å²) in [6, 6.07) is 6.46. The van der Waals surface area contributed by atoms with Crippen LogP contribution < -0.4 is 10.2 Å². The molecule has 0 radical (unpaired) electrons. The Bertz CT molecular complexity index is 648. The number of benzene rings is 1. The Morgan fingerprint density at radius 2 is 1.96 bits per heavy atom. The first-order valence-corrected chi connectivity index (χ1v) is 8.29. The van der Waals surface area contributed by atoms with Crippen LogP contribution in [0.25, 0.3) is 0 Å². The van der Waals surface area contributed by atoms with Crippen molar-refractivity contribution in [2.75, 3.05) is 24.5 Å². The lowest BCUT2D eigenvalue weighted by molar-refractivity contribution is -0.141. The topological polar surface area (TPSA) is 69.7 Å². The van der Waals surface area contributed by atoms with E-state index < -0.39 is 6.04 Å². The van der Waals surface area contributed by atoms with Crippen LogP contribution in [0.3, 0.4) is 0 Å². The minimum absolute atomic E-state index is 0.00580. The van der Waals surface area contributed by atoms with Crippen LogP contribution in [-0.2, 0) is 14.4 Å². The standard InChI is InChI=1S/C17H22ClN3O3/c1-11(2)16(19-12(3)22)17(24)20-7-8-21(15(23)10-20)14-6-4-5-13(18)9-14/h4-6,9,11,16H,7-8,10H2,1-3H3,(H,19,22). The number of carbonyl (C=O) groups is 3. The average Bonchev–Trinajstić information content (AvgIpc) is 2.51. The van der Waals surface area contributed by atoms with E-state index in [1.807, 2.05) is 19.9 Å². The van der Waals surface area contributed by atoms with E-state index in [1.54, 1.807) is 23.1 Å². The second-order valence-corrected chi connectivity index (χ2v) is 6.64. The molecular formula is C17H22ClN3O3. The van der Waals surface area contributed by atoms with Crippen molar-refractivity contribution in [2.45, 2.75) is 26.8 Å². The molecule has 1 heterocycles. The largest absolute Gasteiger partial charge is 0.344 e. The van der Waals surface area contributed by atoms with Gasteiger partial charge in [0.25, 0.3) is 0 Å². The van der Waals surface area contributed by atoms with Gasteiger partial charge in [-0.3, -0.25) is 14.4 Å². The molecule has 0 saturated carbocycles. The summed E-state index contributed by atoms with van der Waals surface area (Å²) in [6.45, 7) is 5.92. The highest BCUT2D eigenvalue weighted by Gasteiger charge is 2.33. The molecule has 1 saturated heterocycles. The summed E-state index contributed by atoms with van der Waals surface area (Å²) in [5, 5.41) is 3.23. The first kappa shape index (κ1) is 18.3. The maximum absolute atomic E-state index is 12.6. The first-order chi connectivity index (χ1) is 11.3. The number of carbonyl (C=O) groups excluding carboxylic acids is 3. The quantitative estimate of drug-likeness (QED) is 0.897. The number of halogens is 1. The van der Waals surface area contributed by atoms with Crippen molar-refractivity contribution in [3.63, 3.8) is 0 Å². The second kappa shape index (κ2) is 7.66. The number of amides is 3. The number of piperazine rings is 1. The predicted molar refractivity (Wildman–Crippen MR) is 92.8 cm³/mol. The van der Waals surface area contributed by atoms with E-state index in [2.05, 4.69) is 5.32 Å². The van der Waals surface area contributed by atoms with Gasteiger partial charge in [0.1, 0.15) is 12.6 Å². The molecule has 2 rings (SSSR count). The molecule has 0 bridgehead atoms. The predicted octanol–water partition coefficient (Wildman–Crippen LogP) is 1.68. The van der Waals surface area contributed by atoms with Gasteiger partial charge in [-0.2, -0.15) is 0 Å². The number of hydrogen-bond donors (Lipinski definition) is 1. The van der Waals surface area contributed by atoms with E-state index >= 15 is 0 Å². The minimum atomic E-state index is -0.618. The molecule has 1 unspecified atom stereocenters. The van der Waals surface area contributed by atoms with Gasteiger partial charge in [-0.1, -0.05) is 31.5 Å². The van der Waals surface area contributed by atoms with Gasteiger partial charge in [-0.15, -0.1) is 0 Å². The fourth-order valence-electron chi connectivity index (χ4n) is 2.71. The Morgan fingerprint density at radius 1 is 1.25 bits per heavy atom. The van der Waals surface area contributed by atoms with Gasteiger partial charge in [0.05, 0.1) is 0 Å². The van der Waals surface area contributed by atoms with Crippen molar-refractivity contribution in [1.29, 1.82) is 0 Å². The number of rotatable bonds is 4. The van der Waals surface area contributed by atoms with Crippen LogP contribution in [-0.4, -0.2) is 48.3 Å². The van der Waals surface area contributed by atoms with Crippen LogP contribution in [0.4, 0.5) is 5.69 Å². The Kier molecular flexibility index (Phi) is 5.83. The lowest BCUT2D eigenvalue weighted by atomic mass is 10.0. The molecule has 6 nitrogen and oxygen atoms in total. The van der Waals surface area contributed by atoms with Crippen molar-refractivity contribution in [3.8, 4) is 0 Å². The first-order valence-electron chi connectivity index (χ1n) is 7.91. The van der Waals surface area contributed by atoms with E-state index in [1.165, 1.54) is 11.8 Å². The Balaban J connectivity index is 2.08. The average molecular weight is 352 g/mol. The number of nitrogens with zero attached hydrogens (tertiary/aromatic N) is 2. The SMILES string of the molecule is CC(=O)NC(C(=O)N1CCN(c2cccc(Cl)c2)C(=O)C1)C(C)C. The molecule has 1 aliphatic rings. The van der Waals surface area contributed by atoms with Crippen molar-refractivity contribution in [2.24, 2.45) is 5.92 Å². The highest BCUT2D eigenvalue weighted by Crippen LogP contribution is 2.22. The lowest BCUT2D eigenvalue weighted by Gasteiger charge is -2.36. The molecule has 1 N–H and O–H groups in total. The molecular weight excluding hydrogens is 330 g/mol. The van der Waals surface area contributed by atoms with Crippen molar-refractivity contribution in [3.05, 3.63) is 29.3 Å². The fourth-order valence-corrected chi connectivity index (χ4v) is 2.89. The van der Waals surface area contributed by atoms with Crippen LogP contribution in [0.5, 0.6) is 0 Å². The molecule has 24 heavy (non-hydrogen) atoms. The molecule has 1 atom stereocenters. The van der Waals surface area contributed by atoms with Gasteiger partial charge >= 0.3 is 0 Å². The van der Waals surface area contributed by atoms with Crippen LogP contribution in [0.15, 0.2) is 24.3 Å². The van der Waals surface area contributed by atoms with Crippen LogP contribution in [0.1, 0.15) is 20.8 Å². The number of nitrogens with one attached hydrogen (secondary N) is 1. The molecule has 1 aromatic carbocycles. The molecule has 0 aliphatic carbocycles. The third-order valence-electron chi connectivity index (χ3n) is 3.94. The summed E-state index contributed by atoms with van der Waals surface area (Å²) in [4.78, 5) is 39.5. The van der Waals surface area contributed by atoms with Gasteiger partial charge in [0.2, 0.25) is 17.7 Å². The third-order valence-corrected chi connectivity index (χ3v) is 4.18. The molecule has 3 amide bonds. The van der Waals surface area contributed by atoms with Crippen LogP contribution in [0, 0.1) is 5.92 Å². The van der Waals surface area contributed by atoms with Crippen LogP contribution in [0.2, 0.25) is 5.02 Å². The number of hydrogen-bond acceptors (Lipinski definition) is 3. The summed E-state index contributed by atoms with van der Waals surface area (Å²) in [5.41, 5.74) is 0.724. The highest BCUT2D eigenvalue weighted by atomic mass is 35.5. The Morgan fingerprint density at radius 3 is 2.50 bits per heavy atom. The van der Waals surface area contributed by atoms with Crippen LogP contribution >= 0.6 is 11.6 Å². The Labute approximate surface area is 146 Å². The van der Waals surface area contributed by atoms with Gasteiger partial charge in [0.15, 0.2) is 0 Å². The van der Waals surface area contributed by atoms with Crippen molar-refractivity contribution in [1.82, 2.24) is 10.2 Å². The van der Waals surface area contributed by atoms with Crippen molar-refractivity contribution < 1.29 is 14.4 Å². The van der Waals surface area contributed by atoms with Gasteiger partial charge in [-0.05, 0) is 24.1 Å². The smallest absolute Gasteiger partial charge is 0.246 e. The monoisotopic (exact) mass is 351 g/mol. The zero-order valence-electron chi connectivity index (χ0n) is 14.1. The maximum atomic E-state index is 12.6. The number of anilines is 1. The lowest BCUT2D eigenvalue weighted by Crippen LogP contribution is -2.58. The van der Waals surface area contributed by atoms with E-state index in [9.17, 15) is 14.4 Å². The summed E-state index contributed by atoms with van der Waals surface area (Å²) in [7, 11) is 0. The van der Waals surface area contributed by atoms with Gasteiger partial charge in [0, 0.05) is 30.7 Å². The van der Waals surface area contributed by atoms with Gasteiger partial charge in [-0.25, -0.2) is 0 Å². The molecule has 1 aromatic rings. The summed E-state index contributed by atoms with van der Waals surface area (Å²) < 4.78 is 0. The molecule has 7 heteroatoms. The molecule has 1 aliphatic heterocycles. The van der Waals surface area contributed by atoms with E-state index in [0.717, 1.165) is 5.69 Å². The fraction of sp³-hybridized carbons (Fsp3) is 0.471. The Hall–Kier alpha value is -2.08. The molecule has 1 fully saturated rings. The third kappa shape index (κ3) is 4.26. The summed E-state index contributed by atoms with van der Waals surface area (Å²) >= 11 is 5.97. The van der Waals surface area contributed by atoms with E-state index in [4.69, 9.17) is 11.6 Å². The molecule has 0 aromatic heterocycles. The van der Waals surface area contributed by atoms with E-state index in [-0.39, 0.29) is 30.2 Å². The summed E-state index contributed by atoms with van der Waals surface area (Å²) in [5.74, 6) is -0.699. The van der Waals surface area contributed by atoms with Gasteiger partial charge < -0.3 is 15.1 Å². The van der Waals surface area contributed by atoms with E-state index in [0.29, 0.717) is 18.1 Å². The minimum Gasteiger partial charge on any atom is -0.344 e. The molecule has 130 valence electrons. The molecule has 0 spiro atoms.